The third-order valence-corrected chi connectivity index (χ3v) is 3.50. The van der Waals surface area contributed by atoms with Gasteiger partial charge < -0.3 is 5.73 Å². The van der Waals surface area contributed by atoms with E-state index in [1.165, 1.54) is 24.3 Å². The van der Waals surface area contributed by atoms with Crippen molar-refractivity contribution in [2.24, 2.45) is 0 Å². The van der Waals surface area contributed by atoms with Gasteiger partial charge in [0.2, 0.25) is 5.82 Å². The van der Waals surface area contributed by atoms with E-state index in [9.17, 15) is 18.0 Å². The van der Waals surface area contributed by atoms with Crippen molar-refractivity contribution in [2.45, 2.75) is 13.1 Å². The zero-order chi connectivity index (χ0) is 16.8. The molecular formula is C16H12F3N3O. The predicted molar refractivity (Wildman–Crippen MR) is 81.5 cm³/mol. The van der Waals surface area contributed by atoms with Gasteiger partial charge in [0, 0.05) is 5.69 Å². The predicted octanol–water partition coefficient (Wildman–Crippen LogP) is 3.30. The van der Waals surface area contributed by atoms with Crippen LogP contribution in [0.4, 0.5) is 18.9 Å². The molecule has 1 aromatic heterocycles. The largest absolute Gasteiger partial charge is 0.450 e. The van der Waals surface area contributed by atoms with Gasteiger partial charge in [-0.2, -0.15) is 13.2 Å². The molecule has 0 atom stereocenters. The SMILES string of the molecule is Cc1ccccc1-n1c(C(F)(F)F)nc2ccc(N)cc2c1=O. The number of nitrogens with two attached hydrogens (primary N) is 1. The van der Waals surface area contributed by atoms with Crippen LogP contribution in [0.3, 0.4) is 0 Å². The van der Waals surface area contributed by atoms with Crippen LogP contribution in [0.5, 0.6) is 0 Å². The fourth-order valence-corrected chi connectivity index (χ4v) is 2.43. The number of aryl methyl sites for hydroxylation is 1. The number of anilines is 1. The first-order valence-corrected chi connectivity index (χ1v) is 6.74. The Labute approximate surface area is 129 Å². The number of rotatable bonds is 1. The second kappa shape index (κ2) is 5.12. The van der Waals surface area contributed by atoms with Gasteiger partial charge >= 0.3 is 6.18 Å². The summed E-state index contributed by atoms with van der Waals surface area (Å²) >= 11 is 0. The van der Waals surface area contributed by atoms with Gasteiger partial charge in [0.25, 0.3) is 5.56 Å². The number of para-hydroxylation sites is 1. The third kappa shape index (κ3) is 2.54. The molecule has 2 aromatic carbocycles. The lowest BCUT2D eigenvalue weighted by molar-refractivity contribution is -0.146. The Kier molecular flexibility index (Phi) is 3.35. The van der Waals surface area contributed by atoms with E-state index in [2.05, 4.69) is 4.98 Å². The summed E-state index contributed by atoms with van der Waals surface area (Å²) in [5.74, 6) is -1.26. The number of halogens is 3. The van der Waals surface area contributed by atoms with Crippen molar-refractivity contribution in [2.75, 3.05) is 5.73 Å². The second-order valence-electron chi connectivity index (χ2n) is 5.14. The van der Waals surface area contributed by atoms with Crippen LogP contribution in [0.15, 0.2) is 47.3 Å². The quantitative estimate of drug-likeness (QED) is 0.700. The minimum atomic E-state index is -4.77. The lowest BCUT2D eigenvalue weighted by Gasteiger charge is -2.17. The van der Waals surface area contributed by atoms with Gasteiger partial charge in [-0.15, -0.1) is 0 Å². The first-order valence-electron chi connectivity index (χ1n) is 6.74. The Morgan fingerprint density at radius 2 is 1.83 bits per heavy atom. The molecule has 0 saturated carbocycles. The molecule has 0 saturated heterocycles. The first-order chi connectivity index (χ1) is 10.8. The van der Waals surface area contributed by atoms with Crippen LogP contribution in [0.2, 0.25) is 0 Å². The fraction of sp³-hybridized carbons (Fsp3) is 0.125. The van der Waals surface area contributed by atoms with Crippen LogP contribution in [-0.2, 0) is 6.18 Å². The summed E-state index contributed by atoms with van der Waals surface area (Å²) in [5.41, 5.74) is 5.75. The molecule has 0 bridgehead atoms. The molecule has 118 valence electrons. The normalized spacial score (nSPS) is 11.8. The van der Waals surface area contributed by atoms with Gasteiger partial charge in [0.15, 0.2) is 0 Å². The van der Waals surface area contributed by atoms with Crippen molar-refractivity contribution in [1.82, 2.24) is 9.55 Å². The van der Waals surface area contributed by atoms with E-state index in [0.717, 1.165) is 0 Å². The van der Waals surface area contributed by atoms with E-state index in [0.29, 0.717) is 10.1 Å². The van der Waals surface area contributed by atoms with Crippen LogP contribution in [0.25, 0.3) is 16.6 Å². The average molecular weight is 319 g/mol. The molecule has 4 nitrogen and oxygen atoms in total. The zero-order valence-electron chi connectivity index (χ0n) is 12.1. The maximum absolute atomic E-state index is 13.4. The molecule has 0 fully saturated rings. The maximum atomic E-state index is 13.4. The average Bonchev–Trinajstić information content (AvgIpc) is 2.48. The second-order valence-corrected chi connectivity index (χ2v) is 5.14. The summed E-state index contributed by atoms with van der Waals surface area (Å²) in [5, 5.41) is 0.0428. The Bertz CT molecular complexity index is 961. The summed E-state index contributed by atoms with van der Waals surface area (Å²) in [7, 11) is 0. The van der Waals surface area contributed by atoms with Crippen molar-refractivity contribution >= 4 is 16.6 Å². The van der Waals surface area contributed by atoms with Crippen molar-refractivity contribution in [3.05, 3.63) is 64.2 Å². The highest BCUT2D eigenvalue weighted by atomic mass is 19.4. The van der Waals surface area contributed by atoms with Gasteiger partial charge in [-0.05, 0) is 36.8 Å². The molecule has 3 aromatic rings. The summed E-state index contributed by atoms with van der Waals surface area (Å²) in [6.07, 6.45) is -4.77. The molecule has 0 aliphatic carbocycles. The molecule has 2 N–H and O–H groups in total. The summed E-state index contributed by atoms with van der Waals surface area (Å²) in [4.78, 5) is 16.3. The molecule has 1 heterocycles. The van der Waals surface area contributed by atoms with Crippen LogP contribution < -0.4 is 11.3 Å². The van der Waals surface area contributed by atoms with Gasteiger partial charge in [-0.25, -0.2) is 4.98 Å². The smallest absolute Gasteiger partial charge is 0.399 e. The Balaban J connectivity index is 2.50. The van der Waals surface area contributed by atoms with E-state index >= 15 is 0 Å². The van der Waals surface area contributed by atoms with E-state index in [-0.39, 0.29) is 22.3 Å². The molecule has 0 aliphatic rings. The van der Waals surface area contributed by atoms with Crippen molar-refractivity contribution in [1.29, 1.82) is 0 Å². The number of aromatic nitrogens is 2. The number of nitrogens with zero attached hydrogens (tertiary/aromatic N) is 2. The van der Waals surface area contributed by atoms with E-state index in [1.807, 2.05) is 0 Å². The molecular weight excluding hydrogens is 307 g/mol. The Hall–Kier alpha value is -2.83. The summed E-state index contributed by atoms with van der Waals surface area (Å²) in [6, 6.07) is 10.4. The molecule has 3 rings (SSSR count). The highest BCUT2D eigenvalue weighted by molar-refractivity contribution is 5.81. The standard InChI is InChI=1S/C16H12F3N3O/c1-9-4-2-3-5-13(9)22-14(23)11-8-10(20)6-7-12(11)21-15(22)16(17,18)19/h2-8H,20H2,1H3. The van der Waals surface area contributed by atoms with Crippen molar-refractivity contribution in [3.63, 3.8) is 0 Å². The number of fused-ring (bicyclic) bond motifs is 1. The van der Waals surface area contributed by atoms with Gasteiger partial charge in [0.1, 0.15) is 0 Å². The van der Waals surface area contributed by atoms with E-state index in [4.69, 9.17) is 5.73 Å². The van der Waals surface area contributed by atoms with Crippen LogP contribution in [-0.4, -0.2) is 9.55 Å². The molecule has 0 aliphatic heterocycles. The van der Waals surface area contributed by atoms with Gasteiger partial charge in [-0.1, -0.05) is 18.2 Å². The molecule has 23 heavy (non-hydrogen) atoms. The minimum absolute atomic E-state index is 0.0404. The number of benzene rings is 2. The topological polar surface area (TPSA) is 60.9 Å². The summed E-state index contributed by atoms with van der Waals surface area (Å²) in [6.45, 7) is 1.63. The Morgan fingerprint density at radius 1 is 1.13 bits per heavy atom. The monoisotopic (exact) mass is 319 g/mol. The molecule has 0 spiro atoms. The number of hydrogen-bond acceptors (Lipinski definition) is 3. The number of alkyl halides is 3. The lowest BCUT2D eigenvalue weighted by Crippen LogP contribution is -2.29. The highest BCUT2D eigenvalue weighted by Crippen LogP contribution is 2.30. The van der Waals surface area contributed by atoms with E-state index in [1.54, 1.807) is 25.1 Å². The van der Waals surface area contributed by atoms with Gasteiger partial charge in [-0.3, -0.25) is 9.36 Å². The van der Waals surface area contributed by atoms with Crippen LogP contribution >= 0.6 is 0 Å². The van der Waals surface area contributed by atoms with Crippen LogP contribution in [0, 0.1) is 6.92 Å². The Morgan fingerprint density at radius 3 is 2.48 bits per heavy atom. The zero-order valence-corrected chi connectivity index (χ0v) is 12.1. The molecule has 0 radical (unpaired) electrons. The minimum Gasteiger partial charge on any atom is -0.399 e. The van der Waals surface area contributed by atoms with Crippen molar-refractivity contribution < 1.29 is 13.2 Å². The highest BCUT2D eigenvalue weighted by Gasteiger charge is 2.38. The van der Waals surface area contributed by atoms with Crippen LogP contribution in [0.1, 0.15) is 11.4 Å². The van der Waals surface area contributed by atoms with E-state index < -0.39 is 17.6 Å². The molecule has 0 unspecified atom stereocenters. The van der Waals surface area contributed by atoms with Crippen molar-refractivity contribution in [3.8, 4) is 5.69 Å². The molecule has 7 heteroatoms. The fourth-order valence-electron chi connectivity index (χ4n) is 2.43. The third-order valence-electron chi connectivity index (χ3n) is 3.50. The summed E-state index contributed by atoms with van der Waals surface area (Å²) < 4.78 is 40.8. The van der Waals surface area contributed by atoms with Gasteiger partial charge in [0.05, 0.1) is 16.6 Å². The number of hydrogen-bond donors (Lipinski definition) is 1. The lowest BCUT2D eigenvalue weighted by atomic mass is 10.1. The molecule has 0 amide bonds. The maximum Gasteiger partial charge on any atom is 0.450 e. The first kappa shape index (κ1) is 15.1. The number of nitrogen functional groups attached to an aromatic ring is 1.